The SMILES string of the molecule is Cc1ccccc1CN(c1ccc(C(=O)NCc2ccc(-n3ccnc3C)cc2)cc1)S(C)(=O)=O. The Morgan fingerprint density at radius 2 is 1.66 bits per heavy atom. The summed E-state index contributed by atoms with van der Waals surface area (Å²) in [6.45, 7) is 4.50. The van der Waals surface area contributed by atoms with Crippen LogP contribution in [0.3, 0.4) is 0 Å². The Labute approximate surface area is 206 Å². The first-order chi connectivity index (χ1) is 16.7. The standard InChI is InChI=1S/C27H28N4O3S/c1-20-6-4-5-7-24(20)19-31(35(3,33)34)26-14-10-23(11-15-26)27(32)29-18-22-8-12-25(13-9-22)30-17-16-28-21(30)2/h4-17H,18-19H2,1-3H3,(H,29,32). The molecular formula is C27H28N4O3S. The van der Waals surface area contributed by atoms with Crippen molar-refractivity contribution in [2.75, 3.05) is 10.6 Å². The van der Waals surface area contributed by atoms with Gasteiger partial charge in [-0.25, -0.2) is 13.4 Å². The van der Waals surface area contributed by atoms with Crippen LogP contribution in [0.5, 0.6) is 0 Å². The molecule has 1 amide bonds. The molecule has 0 saturated carbocycles. The molecule has 1 heterocycles. The molecule has 0 aliphatic rings. The van der Waals surface area contributed by atoms with Gasteiger partial charge >= 0.3 is 0 Å². The summed E-state index contributed by atoms with van der Waals surface area (Å²) in [6, 6.07) is 22.2. The van der Waals surface area contributed by atoms with Crippen LogP contribution in [0.4, 0.5) is 5.69 Å². The van der Waals surface area contributed by atoms with E-state index in [2.05, 4.69) is 10.3 Å². The van der Waals surface area contributed by atoms with E-state index in [0.29, 0.717) is 17.8 Å². The topological polar surface area (TPSA) is 84.3 Å². The predicted octanol–water partition coefficient (Wildman–Crippen LogP) is 4.39. The lowest BCUT2D eigenvalue weighted by Gasteiger charge is -2.23. The third-order valence-electron chi connectivity index (χ3n) is 5.89. The molecule has 0 atom stereocenters. The van der Waals surface area contributed by atoms with Gasteiger partial charge in [-0.2, -0.15) is 0 Å². The van der Waals surface area contributed by atoms with Crippen molar-refractivity contribution in [1.29, 1.82) is 0 Å². The number of hydrogen-bond donors (Lipinski definition) is 1. The molecule has 1 N–H and O–H groups in total. The van der Waals surface area contributed by atoms with Gasteiger partial charge in [0.2, 0.25) is 10.0 Å². The fourth-order valence-electron chi connectivity index (χ4n) is 3.83. The number of nitrogens with one attached hydrogen (secondary N) is 1. The molecule has 0 saturated heterocycles. The minimum Gasteiger partial charge on any atom is -0.348 e. The van der Waals surface area contributed by atoms with E-state index < -0.39 is 10.0 Å². The molecule has 3 aromatic carbocycles. The highest BCUT2D eigenvalue weighted by molar-refractivity contribution is 7.92. The second-order valence-corrected chi connectivity index (χ2v) is 10.3. The Hall–Kier alpha value is -3.91. The molecule has 0 fully saturated rings. The number of anilines is 1. The molecule has 0 bridgehead atoms. The second-order valence-electron chi connectivity index (χ2n) is 8.44. The highest BCUT2D eigenvalue weighted by Gasteiger charge is 2.19. The zero-order valence-electron chi connectivity index (χ0n) is 20.0. The molecular weight excluding hydrogens is 460 g/mol. The largest absolute Gasteiger partial charge is 0.348 e. The summed E-state index contributed by atoms with van der Waals surface area (Å²) in [7, 11) is -3.51. The quantitative estimate of drug-likeness (QED) is 0.399. The van der Waals surface area contributed by atoms with E-state index in [1.165, 1.54) is 10.6 Å². The number of amides is 1. The van der Waals surface area contributed by atoms with Gasteiger partial charge in [-0.15, -0.1) is 0 Å². The Morgan fingerprint density at radius 1 is 0.971 bits per heavy atom. The maximum atomic E-state index is 12.7. The van der Waals surface area contributed by atoms with Crippen molar-refractivity contribution in [3.8, 4) is 5.69 Å². The van der Waals surface area contributed by atoms with Gasteiger partial charge in [0.15, 0.2) is 0 Å². The van der Waals surface area contributed by atoms with Crippen LogP contribution >= 0.6 is 0 Å². The minimum atomic E-state index is -3.51. The van der Waals surface area contributed by atoms with Crippen LogP contribution in [0.1, 0.15) is 32.9 Å². The predicted molar refractivity (Wildman–Crippen MR) is 138 cm³/mol. The van der Waals surface area contributed by atoms with E-state index in [4.69, 9.17) is 0 Å². The van der Waals surface area contributed by atoms with Crippen LogP contribution in [-0.4, -0.2) is 30.1 Å². The molecule has 8 heteroatoms. The fourth-order valence-corrected chi connectivity index (χ4v) is 4.71. The van der Waals surface area contributed by atoms with Gasteiger partial charge in [0.25, 0.3) is 5.91 Å². The van der Waals surface area contributed by atoms with Gasteiger partial charge in [-0.05, 0) is 66.9 Å². The molecule has 7 nitrogen and oxygen atoms in total. The molecule has 0 radical (unpaired) electrons. The number of rotatable bonds is 8. The molecule has 4 rings (SSSR count). The highest BCUT2D eigenvalue weighted by atomic mass is 32.2. The lowest BCUT2D eigenvalue weighted by molar-refractivity contribution is 0.0951. The van der Waals surface area contributed by atoms with Crippen molar-refractivity contribution >= 4 is 21.6 Å². The van der Waals surface area contributed by atoms with E-state index >= 15 is 0 Å². The molecule has 1 aromatic heterocycles. The Bertz CT molecular complexity index is 1430. The van der Waals surface area contributed by atoms with E-state index in [1.807, 2.05) is 73.1 Å². The molecule has 0 aliphatic heterocycles. The van der Waals surface area contributed by atoms with Crippen molar-refractivity contribution in [1.82, 2.24) is 14.9 Å². The van der Waals surface area contributed by atoms with Crippen LogP contribution in [0, 0.1) is 13.8 Å². The number of aryl methyl sites for hydroxylation is 2. The van der Waals surface area contributed by atoms with Crippen molar-refractivity contribution in [2.24, 2.45) is 0 Å². The number of benzene rings is 3. The van der Waals surface area contributed by atoms with Crippen LogP contribution in [-0.2, 0) is 23.1 Å². The summed E-state index contributed by atoms with van der Waals surface area (Å²) in [4.78, 5) is 16.9. The first-order valence-corrected chi connectivity index (χ1v) is 13.1. The van der Waals surface area contributed by atoms with E-state index in [-0.39, 0.29) is 12.5 Å². The van der Waals surface area contributed by atoms with Crippen molar-refractivity contribution in [3.05, 3.63) is 113 Å². The molecule has 180 valence electrons. The molecule has 35 heavy (non-hydrogen) atoms. The number of nitrogens with zero attached hydrogens (tertiary/aromatic N) is 3. The van der Waals surface area contributed by atoms with Crippen molar-refractivity contribution in [3.63, 3.8) is 0 Å². The Morgan fingerprint density at radius 3 is 2.26 bits per heavy atom. The molecule has 0 spiro atoms. The van der Waals surface area contributed by atoms with E-state index in [9.17, 15) is 13.2 Å². The zero-order chi connectivity index (χ0) is 25.0. The van der Waals surface area contributed by atoms with Crippen LogP contribution < -0.4 is 9.62 Å². The first-order valence-electron chi connectivity index (χ1n) is 11.2. The smallest absolute Gasteiger partial charge is 0.251 e. The summed E-state index contributed by atoms with van der Waals surface area (Å²) in [5.41, 5.74) is 4.89. The van der Waals surface area contributed by atoms with Gasteiger partial charge in [0.05, 0.1) is 18.5 Å². The third kappa shape index (κ3) is 5.78. The molecule has 4 aromatic rings. The monoisotopic (exact) mass is 488 g/mol. The average Bonchev–Trinajstić information content (AvgIpc) is 3.27. The lowest BCUT2D eigenvalue weighted by atomic mass is 10.1. The van der Waals surface area contributed by atoms with Crippen LogP contribution in [0.25, 0.3) is 5.69 Å². The number of sulfonamides is 1. The maximum absolute atomic E-state index is 12.7. The summed E-state index contributed by atoms with van der Waals surface area (Å²) in [5.74, 6) is 0.679. The lowest BCUT2D eigenvalue weighted by Crippen LogP contribution is -2.29. The number of carbonyl (C=O) groups excluding carboxylic acids is 1. The Kier molecular flexibility index (Phi) is 7.02. The van der Waals surface area contributed by atoms with Gasteiger partial charge in [0.1, 0.15) is 5.82 Å². The second kappa shape index (κ2) is 10.1. The molecule has 0 unspecified atom stereocenters. The average molecular weight is 489 g/mol. The number of aromatic nitrogens is 2. The van der Waals surface area contributed by atoms with Crippen LogP contribution in [0.2, 0.25) is 0 Å². The maximum Gasteiger partial charge on any atom is 0.251 e. The van der Waals surface area contributed by atoms with Crippen LogP contribution in [0.15, 0.2) is 85.2 Å². The third-order valence-corrected chi connectivity index (χ3v) is 7.03. The summed E-state index contributed by atoms with van der Waals surface area (Å²) >= 11 is 0. The number of imidazole rings is 1. The Balaban J connectivity index is 1.42. The van der Waals surface area contributed by atoms with Gasteiger partial charge < -0.3 is 9.88 Å². The number of carbonyl (C=O) groups is 1. The van der Waals surface area contributed by atoms with Gasteiger partial charge in [0, 0.05) is 30.2 Å². The first kappa shape index (κ1) is 24.2. The summed E-state index contributed by atoms with van der Waals surface area (Å²) in [6.07, 6.45) is 4.85. The van der Waals surface area contributed by atoms with Gasteiger partial charge in [-0.3, -0.25) is 9.10 Å². The summed E-state index contributed by atoms with van der Waals surface area (Å²) in [5, 5.41) is 2.92. The van der Waals surface area contributed by atoms with E-state index in [1.54, 1.807) is 30.5 Å². The number of hydrogen-bond acceptors (Lipinski definition) is 4. The summed E-state index contributed by atoms with van der Waals surface area (Å²) < 4.78 is 28.3. The minimum absolute atomic E-state index is 0.226. The molecule has 0 aliphatic carbocycles. The zero-order valence-corrected chi connectivity index (χ0v) is 20.8. The normalized spacial score (nSPS) is 11.3. The van der Waals surface area contributed by atoms with Gasteiger partial charge in [-0.1, -0.05) is 36.4 Å². The highest BCUT2D eigenvalue weighted by Crippen LogP contribution is 2.22. The van der Waals surface area contributed by atoms with Crippen molar-refractivity contribution < 1.29 is 13.2 Å². The van der Waals surface area contributed by atoms with Crippen molar-refractivity contribution in [2.45, 2.75) is 26.9 Å². The fraction of sp³-hybridized carbons (Fsp3) is 0.185. The van der Waals surface area contributed by atoms with E-state index in [0.717, 1.165) is 28.2 Å².